The minimum absolute atomic E-state index is 0.933. The van der Waals surface area contributed by atoms with Gasteiger partial charge in [0.1, 0.15) is 0 Å². The molecule has 1 aliphatic rings. The van der Waals surface area contributed by atoms with Crippen LogP contribution >= 0.6 is 0 Å². The lowest BCUT2D eigenvalue weighted by Gasteiger charge is -2.17. The van der Waals surface area contributed by atoms with Crippen molar-refractivity contribution in [1.29, 1.82) is 0 Å². The average molecular weight is 242 g/mol. The Balaban J connectivity index is 1.77. The smallest absolute Gasteiger partial charge is 0.0366 e. The van der Waals surface area contributed by atoms with Gasteiger partial charge < -0.3 is 10.2 Å². The van der Waals surface area contributed by atoms with Crippen molar-refractivity contribution in [3.8, 4) is 11.8 Å². The van der Waals surface area contributed by atoms with Gasteiger partial charge in [0.15, 0.2) is 0 Å². The second kappa shape index (κ2) is 7.08. The molecule has 0 atom stereocenters. The summed E-state index contributed by atoms with van der Waals surface area (Å²) in [6.07, 6.45) is 3.60. The number of nitrogens with zero attached hydrogens (tertiary/aromatic N) is 1. The average Bonchev–Trinajstić information content (AvgIpc) is 2.93. The first-order chi connectivity index (χ1) is 8.90. The summed E-state index contributed by atoms with van der Waals surface area (Å²) >= 11 is 0. The summed E-state index contributed by atoms with van der Waals surface area (Å²) in [6.45, 7) is 6.22. The summed E-state index contributed by atoms with van der Waals surface area (Å²) in [5.74, 6) is 5.97. The molecule has 1 aromatic carbocycles. The molecule has 0 saturated carbocycles. The maximum Gasteiger partial charge on any atom is 0.0366 e. The van der Waals surface area contributed by atoms with Gasteiger partial charge in [0.05, 0.1) is 0 Å². The highest BCUT2D eigenvalue weighted by atomic mass is 15.1. The van der Waals surface area contributed by atoms with E-state index in [0.717, 1.165) is 19.5 Å². The van der Waals surface area contributed by atoms with Gasteiger partial charge >= 0.3 is 0 Å². The van der Waals surface area contributed by atoms with Crippen LogP contribution in [0.25, 0.3) is 0 Å². The van der Waals surface area contributed by atoms with Crippen molar-refractivity contribution >= 4 is 5.69 Å². The van der Waals surface area contributed by atoms with Crippen molar-refractivity contribution in [2.75, 3.05) is 24.5 Å². The predicted molar refractivity (Wildman–Crippen MR) is 77.7 cm³/mol. The Morgan fingerprint density at radius 2 is 1.89 bits per heavy atom. The van der Waals surface area contributed by atoms with E-state index in [4.69, 9.17) is 0 Å². The van der Waals surface area contributed by atoms with E-state index in [0.29, 0.717) is 0 Å². The van der Waals surface area contributed by atoms with Gasteiger partial charge in [-0.25, -0.2) is 0 Å². The highest BCUT2D eigenvalue weighted by Crippen LogP contribution is 2.20. The van der Waals surface area contributed by atoms with Gasteiger partial charge in [-0.1, -0.05) is 12.1 Å². The summed E-state index contributed by atoms with van der Waals surface area (Å²) < 4.78 is 0. The van der Waals surface area contributed by atoms with Gasteiger partial charge in [-0.15, -0.1) is 11.8 Å². The zero-order valence-electron chi connectivity index (χ0n) is 11.2. The van der Waals surface area contributed by atoms with Crippen LogP contribution in [0, 0.1) is 11.8 Å². The zero-order valence-corrected chi connectivity index (χ0v) is 11.2. The fourth-order valence-corrected chi connectivity index (χ4v) is 2.31. The number of rotatable bonds is 5. The van der Waals surface area contributed by atoms with Crippen molar-refractivity contribution in [3.63, 3.8) is 0 Å². The summed E-state index contributed by atoms with van der Waals surface area (Å²) in [5, 5.41) is 3.41. The van der Waals surface area contributed by atoms with E-state index in [9.17, 15) is 0 Å². The zero-order chi connectivity index (χ0) is 12.6. The SMILES string of the molecule is CC#CCCNCc1ccc(N2CCCC2)cc1. The number of anilines is 1. The first-order valence-electron chi connectivity index (χ1n) is 6.84. The van der Waals surface area contributed by atoms with Crippen LogP contribution in [0.1, 0.15) is 31.7 Å². The molecule has 18 heavy (non-hydrogen) atoms. The maximum absolute atomic E-state index is 3.41. The lowest BCUT2D eigenvalue weighted by Crippen LogP contribution is -2.18. The Hall–Kier alpha value is -1.46. The Bertz CT molecular complexity index is 405. The first-order valence-corrected chi connectivity index (χ1v) is 6.84. The number of benzene rings is 1. The van der Waals surface area contributed by atoms with Crippen molar-refractivity contribution in [3.05, 3.63) is 29.8 Å². The highest BCUT2D eigenvalue weighted by molar-refractivity contribution is 5.48. The van der Waals surface area contributed by atoms with E-state index in [1.807, 2.05) is 6.92 Å². The number of hydrogen-bond acceptors (Lipinski definition) is 2. The van der Waals surface area contributed by atoms with Crippen molar-refractivity contribution in [2.24, 2.45) is 0 Å². The second-order valence-electron chi connectivity index (χ2n) is 4.71. The molecule has 0 unspecified atom stereocenters. The normalized spacial score (nSPS) is 14.4. The molecule has 1 aliphatic heterocycles. The van der Waals surface area contributed by atoms with Gasteiger partial charge in [0.2, 0.25) is 0 Å². The molecule has 2 nitrogen and oxygen atoms in total. The third-order valence-corrected chi connectivity index (χ3v) is 3.34. The molecular formula is C16H22N2. The molecular weight excluding hydrogens is 220 g/mol. The summed E-state index contributed by atoms with van der Waals surface area (Å²) in [6, 6.07) is 8.95. The fourth-order valence-electron chi connectivity index (χ4n) is 2.31. The van der Waals surface area contributed by atoms with Crippen LogP contribution in [0.5, 0.6) is 0 Å². The van der Waals surface area contributed by atoms with Gasteiger partial charge in [0.25, 0.3) is 0 Å². The molecule has 2 heteroatoms. The first kappa shape index (κ1) is 13.0. The lowest BCUT2D eigenvalue weighted by molar-refractivity contribution is 0.701. The second-order valence-corrected chi connectivity index (χ2v) is 4.71. The summed E-state index contributed by atoms with van der Waals surface area (Å²) in [7, 11) is 0. The van der Waals surface area contributed by atoms with E-state index in [1.165, 1.54) is 37.2 Å². The monoisotopic (exact) mass is 242 g/mol. The van der Waals surface area contributed by atoms with E-state index in [2.05, 4.69) is 46.3 Å². The van der Waals surface area contributed by atoms with Crippen LogP contribution in [0.2, 0.25) is 0 Å². The topological polar surface area (TPSA) is 15.3 Å². The summed E-state index contributed by atoms with van der Waals surface area (Å²) in [5.41, 5.74) is 2.72. The Morgan fingerprint density at radius 1 is 1.17 bits per heavy atom. The number of hydrogen-bond donors (Lipinski definition) is 1. The van der Waals surface area contributed by atoms with Crippen LogP contribution in [0.4, 0.5) is 5.69 Å². The largest absolute Gasteiger partial charge is 0.372 e. The van der Waals surface area contributed by atoms with Crippen molar-refractivity contribution in [1.82, 2.24) is 5.32 Å². The van der Waals surface area contributed by atoms with Crippen molar-refractivity contribution in [2.45, 2.75) is 32.7 Å². The van der Waals surface area contributed by atoms with E-state index in [1.54, 1.807) is 0 Å². The minimum Gasteiger partial charge on any atom is -0.372 e. The molecule has 0 radical (unpaired) electrons. The quantitative estimate of drug-likeness (QED) is 0.631. The van der Waals surface area contributed by atoms with Gasteiger partial charge in [-0.05, 0) is 37.5 Å². The molecule has 1 saturated heterocycles. The molecule has 0 aromatic heterocycles. The van der Waals surface area contributed by atoms with Crippen LogP contribution in [-0.2, 0) is 6.54 Å². The third-order valence-electron chi connectivity index (χ3n) is 3.34. The van der Waals surface area contributed by atoms with E-state index >= 15 is 0 Å². The molecule has 0 spiro atoms. The molecule has 1 N–H and O–H groups in total. The molecule has 0 bridgehead atoms. The Morgan fingerprint density at radius 3 is 2.56 bits per heavy atom. The lowest BCUT2D eigenvalue weighted by atomic mass is 10.2. The van der Waals surface area contributed by atoms with Crippen LogP contribution < -0.4 is 10.2 Å². The standard InChI is InChI=1S/C16H22N2/c1-2-3-4-11-17-14-15-7-9-16(10-8-15)18-12-5-6-13-18/h7-10,17H,4-6,11-14H2,1H3. The maximum atomic E-state index is 3.41. The minimum atomic E-state index is 0.933. The van der Waals surface area contributed by atoms with Gasteiger partial charge in [0, 0.05) is 38.3 Å². The molecule has 96 valence electrons. The molecule has 1 heterocycles. The van der Waals surface area contributed by atoms with Crippen molar-refractivity contribution < 1.29 is 0 Å². The van der Waals surface area contributed by atoms with Gasteiger partial charge in [-0.3, -0.25) is 0 Å². The van der Waals surface area contributed by atoms with E-state index in [-0.39, 0.29) is 0 Å². The molecule has 0 amide bonds. The van der Waals surface area contributed by atoms with Crippen LogP contribution in [-0.4, -0.2) is 19.6 Å². The molecule has 1 aromatic rings. The van der Waals surface area contributed by atoms with Crippen LogP contribution in [0.15, 0.2) is 24.3 Å². The molecule has 0 aliphatic carbocycles. The Kier molecular flexibility index (Phi) is 5.11. The Labute approximate surface area is 110 Å². The van der Waals surface area contributed by atoms with E-state index < -0.39 is 0 Å². The van der Waals surface area contributed by atoms with Gasteiger partial charge in [-0.2, -0.15) is 0 Å². The molecule has 2 rings (SSSR count). The third kappa shape index (κ3) is 3.78. The number of nitrogens with one attached hydrogen (secondary N) is 1. The predicted octanol–water partition coefficient (Wildman–Crippen LogP) is 2.79. The highest BCUT2D eigenvalue weighted by Gasteiger charge is 2.11. The summed E-state index contributed by atoms with van der Waals surface area (Å²) in [4.78, 5) is 2.47. The molecule has 1 fully saturated rings. The van der Waals surface area contributed by atoms with Crippen LogP contribution in [0.3, 0.4) is 0 Å². The fraction of sp³-hybridized carbons (Fsp3) is 0.500.